The van der Waals surface area contributed by atoms with Gasteiger partial charge in [0.15, 0.2) is 5.82 Å². The maximum absolute atomic E-state index is 12.8. The van der Waals surface area contributed by atoms with Gasteiger partial charge in [-0.15, -0.1) is 0 Å². The zero-order valence-electron chi connectivity index (χ0n) is 15.4. The fraction of sp³-hybridized carbons (Fsp3) is 0.765. The number of carbonyl (C=O) groups excluding carboxylic acids is 1. The Morgan fingerprint density at radius 3 is 2.46 bits per heavy atom. The summed E-state index contributed by atoms with van der Waals surface area (Å²) in [6.07, 6.45) is -1.98. The van der Waals surface area contributed by atoms with E-state index < -0.39 is 20.2 Å². The Labute approximate surface area is 167 Å². The summed E-state index contributed by atoms with van der Waals surface area (Å²) in [7, 11) is -1.19. The van der Waals surface area contributed by atoms with Gasteiger partial charge < -0.3 is 4.74 Å². The first-order chi connectivity index (χ1) is 12.0. The van der Waals surface area contributed by atoms with Crippen LogP contribution in [0.25, 0.3) is 0 Å². The maximum atomic E-state index is 12.8. The van der Waals surface area contributed by atoms with E-state index in [1.54, 1.807) is 10.8 Å². The van der Waals surface area contributed by atoms with E-state index in [1.807, 2.05) is 0 Å². The number of imidazole rings is 1. The quantitative estimate of drug-likeness (QED) is 0.219. The van der Waals surface area contributed by atoms with Crippen LogP contribution in [0.3, 0.4) is 0 Å². The number of nitrogens with zero attached hydrogens (tertiary/aromatic N) is 2. The molecule has 1 aromatic rings. The predicted molar refractivity (Wildman–Crippen MR) is 105 cm³/mol. The van der Waals surface area contributed by atoms with Crippen molar-refractivity contribution < 1.29 is 22.7 Å². The highest BCUT2D eigenvalue weighted by Gasteiger charge is 2.43. The third kappa shape index (κ3) is 6.05. The molecule has 1 heterocycles. The minimum absolute atomic E-state index is 0.0183. The van der Waals surface area contributed by atoms with Gasteiger partial charge in [0.05, 0.1) is 12.1 Å². The van der Waals surface area contributed by atoms with Crippen molar-refractivity contribution in [3.8, 4) is 0 Å². The summed E-state index contributed by atoms with van der Waals surface area (Å²) < 4.78 is 46.6. The molecule has 0 spiro atoms. The second kappa shape index (κ2) is 8.72. The van der Waals surface area contributed by atoms with Crippen LogP contribution in [0.2, 0.25) is 25.7 Å². The number of carbonyl (C=O) groups is 1. The van der Waals surface area contributed by atoms with Crippen LogP contribution in [0.1, 0.15) is 36.3 Å². The monoisotopic (exact) mass is 502 g/mol. The van der Waals surface area contributed by atoms with Crippen molar-refractivity contribution in [2.24, 2.45) is 11.8 Å². The molecule has 1 fully saturated rings. The molecule has 0 aliphatic heterocycles. The van der Waals surface area contributed by atoms with Gasteiger partial charge in [-0.25, -0.2) is 4.98 Å². The summed E-state index contributed by atoms with van der Waals surface area (Å²) in [4.78, 5) is 17.0. The molecule has 0 saturated heterocycles. The Hall–Kier alpha value is -0.423. The van der Waals surface area contributed by atoms with Gasteiger partial charge in [-0.05, 0) is 54.3 Å². The summed E-state index contributed by atoms with van der Waals surface area (Å²) >= 11 is 2.10. The van der Waals surface area contributed by atoms with E-state index in [-0.39, 0.29) is 44.1 Å². The second-order valence-electron chi connectivity index (χ2n) is 8.13. The van der Waals surface area contributed by atoms with Crippen LogP contribution in [0.5, 0.6) is 0 Å². The third-order valence-corrected chi connectivity index (χ3v) is 7.37. The summed E-state index contributed by atoms with van der Waals surface area (Å²) in [5.41, 5.74) is 0. The number of rotatable bonds is 7. The molecule has 1 aromatic heterocycles. The molecule has 1 saturated carbocycles. The SMILES string of the molecule is C[Si](C)(C)CCOCn1c(I)cnc1C(=O)[C@H]1CC[C@H](C(F)(F)F)CC1. The summed E-state index contributed by atoms with van der Waals surface area (Å²) in [5, 5.41) is 0. The molecule has 1 aliphatic carbocycles. The first-order valence-electron chi connectivity index (χ1n) is 8.89. The number of ether oxygens (including phenoxy) is 1. The van der Waals surface area contributed by atoms with Crippen molar-refractivity contribution in [2.75, 3.05) is 6.61 Å². The summed E-state index contributed by atoms with van der Waals surface area (Å²) in [6.45, 7) is 7.69. The molecule has 0 radical (unpaired) electrons. The number of aromatic nitrogens is 2. The maximum Gasteiger partial charge on any atom is 0.391 e. The lowest BCUT2D eigenvalue weighted by atomic mass is 9.79. The average molecular weight is 502 g/mol. The molecular formula is C17H26F3IN2O2Si. The van der Waals surface area contributed by atoms with Crippen LogP contribution in [-0.4, -0.2) is 36.2 Å². The topological polar surface area (TPSA) is 44.1 Å². The van der Waals surface area contributed by atoms with E-state index in [1.165, 1.54) is 0 Å². The lowest BCUT2D eigenvalue weighted by molar-refractivity contribution is -0.183. The van der Waals surface area contributed by atoms with E-state index in [0.717, 1.165) is 9.74 Å². The molecule has 0 amide bonds. The van der Waals surface area contributed by atoms with Crippen LogP contribution in [0.4, 0.5) is 13.2 Å². The van der Waals surface area contributed by atoms with Gasteiger partial charge in [-0.3, -0.25) is 9.36 Å². The van der Waals surface area contributed by atoms with Gasteiger partial charge in [0.1, 0.15) is 10.4 Å². The lowest BCUT2D eigenvalue weighted by Gasteiger charge is -2.28. The molecule has 4 nitrogen and oxygen atoms in total. The van der Waals surface area contributed by atoms with Gasteiger partial charge in [-0.1, -0.05) is 19.6 Å². The van der Waals surface area contributed by atoms with Crippen molar-refractivity contribution in [1.29, 1.82) is 0 Å². The number of alkyl halides is 3. The number of hydrogen-bond acceptors (Lipinski definition) is 3. The standard InChI is InChI=1S/C17H26F3IN2O2Si/c1-26(2,3)9-8-25-11-23-14(21)10-22-16(23)15(24)12-4-6-13(7-5-12)17(18,19)20/h10,12-13H,4-9,11H2,1-3H3/t12-,13-. The number of Topliss-reactive ketones (excluding diaryl/α,β-unsaturated/α-hetero) is 1. The molecule has 0 aromatic carbocycles. The molecule has 26 heavy (non-hydrogen) atoms. The first-order valence-corrected chi connectivity index (χ1v) is 13.7. The number of halogens is 4. The highest BCUT2D eigenvalue weighted by Crippen LogP contribution is 2.40. The zero-order chi connectivity index (χ0) is 19.5. The predicted octanol–water partition coefficient (Wildman–Crippen LogP) is 5.35. The molecule has 9 heteroatoms. The third-order valence-electron chi connectivity index (χ3n) is 4.80. The average Bonchev–Trinajstić information content (AvgIpc) is 2.90. The zero-order valence-corrected chi connectivity index (χ0v) is 18.6. The van der Waals surface area contributed by atoms with Gasteiger partial charge in [0.25, 0.3) is 0 Å². The van der Waals surface area contributed by atoms with Crippen LogP contribution in [0.15, 0.2) is 6.20 Å². The normalized spacial score (nSPS) is 21.8. The van der Waals surface area contributed by atoms with Gasteiger partial charge in [0, 0.05) is 20.6 Å². The van der Waals surface area contributed by atoms with E-state index in [9.17, 15) is 18.0 Å². The highest BCUT2D eigenvalue weighted by atomic mass is 127. The molecular weight excluding hydrogens is 476 g/mol. The Balaban J connectivity index is 1.96. The Morgan fingerprint density at radius 2 is 1.92 bits per heavy atom. The lowest BCUT2D eigenvalue weighted by Crippen LogP contribution is -2.31. The Bertz CT molecular complexity index is 621. The minimum Gasteiger partial charge on any atom is -0.361 e. The molecule has 0 bridgehead atoms. The molecule has 2 rings (SSSR count). The largest absolute Gasteiger partial charge is 0.391 e. The minimum atomic E-state index is -4.16. The fourth-order valence-electron chi connectivity index (χ4n) is 3.07. The fourth-order valence-corrected chi connectivity index (χ4v) is 4.34. The Kier molecular flexibility index (Phi) is 7.34. The number of hydrogen-bond donors (Lipinski definition) is 0. The number of ketones is 1. The van der Waals surface area contributed by atoms with E-state index in [0.29, 0.717) is 12.4 Å². The van der Waals surface area contributed by atoms with Crippen LogP contribution in [-0.2, 0) is 11.5 Å². The second-order valence-corrected chi connectivity index (χ2v) is 14.9. The van der Waals surface area contributed by atoms with Crippen LogP contribution < -0.4 is 0 Å². The van der Waals surface area contributed by atoms with Gasteiger partial charge in [0.2, 0.25) is 5.78 Å². The van der Waals surface area contributed by atoms with E-state index >= 15 is 0 Å². The van der Waals surface area contributed by atoms with Gasteiger partial charge >= 0.3 is 6.18 Å². The summed E-state index contributed by atoms with van der Waals surface area (Å²) in [5.74, 6) is -1.52. The Morgan fingerprint density at radius 1 is 1.31 bits per heavy atom. The molecule has 0 atom stereocenters. The van der Waals surface area contributed by atoms with E-state index in [4.69, 9.17) is 4.74 Å². The van der Waals surface area contributed by atoms with Gasteiger partial charge in [-0.2, -0.15) is 13.2 Å². The molecule has 0 N–H and O–H groups in total. The molecule has 0 unspecified atom stereocenters. The highest BCUT2D eigenvalue weighted by molar-refractivity contribution is 14.1. The van der Waals surface area contributed by atoms with Crippen molar-refractivity contribution in [3.05, 3.63) is 15.7 Å². The van der Waals surface area contributed by atoms with E-state index in [2.05, 4.69) is 47.2 Å². The summed E-state index contributed by atoms with van der Waals surface area (Å²) in [6, 6.07) is 1.03. The first kappa shape index (κ1) is 21.9. The van der Waals surface area contributed by atoms with Crippen molar-refractivity contribution in [1.82, 2.24) is 9.55 Å². The molecule has 1 aliphatic rings. The van der Waals surface area contributed by atoms with Crippen LogP contribution >= 0.6 is 22.6 Å². The van der Waals surface area contributed by atoms with Crippen molar-refractivity contribution >= 4 is 36.4 Å². The molecule has 148 valence electrons. The smallest absolute Gasteiger partial charge is 0.361 e. The van der Waals surface area contributed by atoms with Crippen molar-refractivity contribution in [2.45, 2.75) is 64.3 Å². The van der Waals surface area contributed by atoms with Crippen molar-refractivity contribution in [3.63, 3.8) is 0 Å². The van der Waals surface area contributed by atoms with Crippen LogP contribution in [0, 0.1) is 15.5 Å².